The average Bonchev–Trinajstić information content (AvgIpc) is 3.22. The number of benzene rings is 2. The molecule has 0 unspecified atom stereocenters. The Morgan fingerprint density at radius 1 is 1.07 bits per heavy atom. The SMILES string of the molecule is Cc1ccccc1-c1noc(CCC(=O)N2CCC(Cc3ccccc3)CC2)n1. The van der Waals surface area contributed by atoms with Crippen LogP contribution in [0, 0.1) is 12.8 Å². The van der Waals surface area contributed by atoms with Crippen LogP contribution in [-0.2, 0) is 17.6 Å². The van der Waals surface area contributed by atoms with Gasteiger partial charge in [-0.05, 0) is 43.2 Å². The third-order valence-electron chi connectivity index (χ3n) is 5.74. The van der Waals surface area contributed by atoms with Crippen molar-refractivity contribution in [1.82, 2.24) is 15.0 Å². The molecule has 1 fully saturated rings. The van der Waals surface area contributed by atoms with E-state index in [1.54, 1.807) is 0 Å². The lowest BCUT2D eigenvalue weighted by Crippen LogP contribution is -2.39. The Labute approximate surface area is 171 Å². The molecule has 1 saturated heterocycles. The summed E-state index contributed by atoms with van der Waals surface area (Å²) in [6.45, 7) is 3.71. The zero-order chi connectivity index (χ0) is 20.1. The van der Waals surface area contributed by atoms with Crippen molar-refractivity contribution in [1.29, 1.82) is 0 Å². The van der Waals surface area contributed by atoms with Gasteiger partial charge in [-0.25, -0.2) is 0 Å². The second-order valence-corrected chi connectivity index (χ2v) is 7.84. The van der Waals surface area contributed by atoms with Gasteiger partial charge in [0.05, 0.1) is 0 Å². The fraction of sp³-hybridized carbons (Fsp3) is 0.375. The number of carbonyl (C=O) groups excluding carboxylic acids is 1. The number of likely N-dealkylation sites (tertiary alicyclic amines) is 1. The molecule has 0 spiro atoms. The molecule has 2 aromatic carbocycles. The molecule has 150 valence electrons. The smallest absolute Gasteiger partial charge is 0.227 e. The van der Waals surface area contributed by atoms with E-state index in [1.807, 2.05) is 36.1 Å². The Morgan fingerprint density at radius 2 is 1.79 bits per heavy atom. The van der Waals surface area contributed by atoms with Crippen molar-refractivity contribution in [3.05, 3.63) is 71.6 Å². The molecular formula is C24H27N3O2. The van der Waals surface area contributed by atoms with Gasteiger partial charge in [0.2, 0.25) is 17.6 Å². The van der Waals surface area contributed by atoms with E-state index in [-0.39, 0.29) is 5.91 Å². The second kappa shape index (κ2) is 9.03. The van der Waals surface area contributed by atoms with E-state index >= 15 is 0 Å². The number of carbonyl (C=O) groups is 1. The highest BCUT2D eigenvalue weighted by molar-refractivity contribution is 5.76. The molecule has 29 heavy (non-hydrogen) atoms. The van der Waals surface area contributed by atoms with Crippen LogP contribution in [0.3, 0.4) is 0 Å². The van der Waals surface area contributed by atoms with E-state index in [1.165, 1.54) is 5.56 Å². The molecule has 0 radical (unpaired) electrons. The Balaban J connectivity index is 1.25. The number of nitrogens with zero attached hydrogens (tertiary/aromatic N) is 3. The lowest BCUT2D eigenvalue weighted by Gasteiger charge is -2.32. The number of piperidine rings is 1. The molecule has 0 aliphatic carbocycles. The molecule has 0 saturated carbocycles. The van der Waals surface area contributed by atoms with E-state index in [9.17, 15) is 4.79 Å². The van der Waals surface area contributed by atoms with Gasteiger partial charge in [0.1, 0.15) is 0 Å². The summed E-state index contributed by atoms with van der Waals surface area (Å²) in [7, 11) is 0. The van der Waals surface area contributed by atoms with Crippen molar-refractivity contribution >= 4 is 5.91 Å². The monoisotopic (exact) mass is 389 g/mol. The molecule has 4 rings (SSSR count). The third kappa shape index (κ3) is 4.91. The standard InChI is InChI=1S/C24H27N3O2/c1-18-7-5-6-10-21(18)24-25-22(29-26-24)11-12-23(28)27-15-13-20(14-16-27)17-19-8-3-2-4-9-19/h2-10,20H,11-17H2,1H3. The van der Waals surface area contributed by atoms with Gasteiger partial charge in [0.15, 0.2) is 0 Å². The van der Waals surface area contributed by atoms with Crippen LogP contribution in [0.15, 0.2) is 59.1 Å². The number of hydrogen-bond acceptors (Lipinski definition) is 4. The largest absolute Gasteiger partial charge is 0.343 e. The summed E-state index contributed by atoms with van der Waals surface area (Å²) >= 11 is 0. The molecular weight excluding hydrogens is 362 g/mol. The van der Waals surface area contributed by atoms with Gasteiger partial charge in [-0.2, -0.15) is 4.98 Å². The molecule has 1 amide bonds. The van der Waals surface area contributed by atoms with Crippen LogP contribution < -0.4 is 0 Å². The van der Waals surface area contributed by atoms with Gasteiger partial charge in [-0.3, -0.25) is 4.79 Å². The van der Waals surface area contributed by atoms with Gasteiger partial charge >= 0.3 is 0 Å². The normalized spacial score (nSPS) is 14.9. The summed E-state index contributed by atoms with van der Waals surface area (Å²) in [4.78, 5) is 19.1. The first-order chi connectivity index (χ1) is 14.2. The first kappa shape index (κ1) is 19.4. The van der Waals surface area contributed by atoms with Crippen molar-refractivity contribution in [3.63, 3.8) is 0 Å². The van der Waals surface area contributed by atoms with Crippen LogP contribution in [-0.4, -0.2) is 34.0 Å². The first-order valence-corrected chi connectivity index (χ1v) is 10.4. The minimum atomic E-state index is 0.179. The summed E-state index contributed by atoms with van der Waals surface area (Å²) in [5, 5.41) is 4.08. The van der Waals surface area contributed by atoms with Crippen molar-refractivity contribution < 1.29 is 9.32 Å². The Bertz CT molecular complexity index is 944. The molecule has 1 aromatic heterocycles. The van der Waals surface area contributed by atoms with Gasteiger partial charge in [0.25, 0.3) is 0 Å². The summed E-state index contributed by atoms with van der Waals surface area (Å²) in [5.41, 5.74) is 3.46. The number of rotatable bonds is 6. The first-order valence-electron chi connectivity index (χ1n) is 10.4. The predicted molar refractivity (Wildman–Crippen MR) is 112 cm³/mol. The minimum absolute atomic E-state index is 0.179. The lowest BCUT2D eigenvalue weighted by atomic mass is 9.90. The van der Waals surface area contributed by atoms with Crippen LogP contribution in [0.2, 0.25) is 0 Å². The zero-order valence-electron chi connectivity index (χ0n) is 16.9. The van der Waals surface area contributed by atoms with E-state index in [0.717, 1.165) is 43.5 Å². The van der Waals surface area contributed by atoms with Crippen molar-refractivity contribution in [2.75, 3.05) is 13.1 Å². The predicted octanol–water partition coefficient (Wildman–Crippen LogP) is 4.46. The Hall–Kier alpha value is -2.95. The van der Waals surface area contributed by atoms with Gasteiger partial charge in [-0.15, -0.1) is 0 Å². The molecule has 5 nitrogen and oxygen atoms in total. The minimum Gasteiger partial charge on any atom is -0.343 e. The van der Waals surface area contributed by atoms with E-state index in [4.69, 9.17) is 4.52 Å². The van der Waals surface area contributed by atoms with Crippen LogP contribution in [0.5, 0.6) is 0 Å². The lowest BCUT2D eigenvalue weighted by molar-refractivity contribution is -0.132. The van der Waals surface area contributed by atoms with Crippen LogP contribution >= 0.6 is 0 Å². The fourth-order valence-electron chi connectivity index (χ4n) is 4.00. The quantitative estimate of drug-likeness (QED) is 0.625. The molecule has 2 heterocycles. The van der Waals surface area contributed by atoms with E-state index < -0.39 is 0 Å². The number of aromatic nitrogens is 2. The summed E-state index contributed by atoms with van der Waals surface area (Å²) < 4.78 is 5.36. The summed E-state index contributed by atoms with van der Waals surface area (Å²) in [5.74, 6) is 1.95. The molecule has 0 bridgehead atoms. The highest BCUT2D eigenvalue weighted by atomic mass is 16.5. The molecule has 1 aliphatic heterocycles. The second-order valence-electron chi connectivity index (χ2n) is 7.84. The van der Waals surface area contributed by atoms with Crippen molar-refractivity contribution in [2.24, 2.45) is 5.92 Å². The van der Waals surface area contributed by atoms with Gasteiger partial charge in [0, 0.05) is 31.5 Å². The van der Waals surface area contributed by atoms with E-state index in [2.05, 4.69) is 40.5 Å². The van der Waals surface area contributed by atoms with E-state index in [0.29, 0.717) is 30.5 Å². The fourth-order valence-corrected chi connectivity index (χ4v) is 4.00. The Morgan fingerprint density at radius 3 is 2.55 bits per heavy atom. The van der Waals surface area contributed by atoms with Gasteiger partial charge in [-0.1, -0.05) is 59.8 Å². The maximum atomic E-state index is 12.6. The number of hydrogen-bond donors (Lipinski definition) is 0. The summed E-state index contributed by atoms with van der Waals surface area (Å²) in [6.07, 6.45) is 4.14. The highest BCUT2D eigenvalue weighted by Crippen LogP contribution is 2.23. The third-order valence-corrected chi connectivity index (χ3v) is 5.74. The Kier molecular flexibility index (Phi) is 6.03. The topological polar surface area (TPSA) is 59.2 Å². The number of aryl methyl sites for hydroxylation is 2. The summed E-state index contributed by atoms with van der Waals surface area (Å²) in [6, 6.07) is 18.6. The van der Waals surface area contributed by atoms with Gasteiger partial charge < -0.3 is 9.42 Å². The molecule has 0 atom stereocenters. The van der Waals surface area contributed by atoms with Crippen LogP contribution in [0.25, 0.3) is 11.4 Å². The zero-order valence-corrected chi connectivity index (χ0v) is 16.9. The average molecular weight is 389 g/mol. The molecule has 0 N–H and O–H groups in total. The highest BCUT2D eigenvalue weighted by Gasteiger charge is 2.23. The number of amides is 1. The van der Waals surface area contributed by atoms with Crippen LogP contribution in [0.1, 0.15) is 36.3 Å². The maximum Gasteiger partial charge on any atom is 0.227 e. The molecule has 3 aromatic rings. The maximum absolute atomic E-state index is 12.6. The van der Waals surface area contributed by atoms with Crippen LogP contribution in [0.4, 0.5) is 0 Å². The molecule has 5 heteroatoms. The van der Waals surface area contributed by atoms with Crippen molar-refractivity contribution in [2.45, 2.75) is 39.0 Å². The molecule has 1 aliphatic rings. The van der Waals surface area contributed by atoms with Crippen molar-refractivity contribution in [3.8, 4) is 11.4 Å².